The van der Waals surface area contributed by atoms with Gasteiger partial charge in [-0.2, -0.15) is 0 Å². The summed E-state index contributed by atoms with van der Waals surface area (Å²) in [5.74, 6) is 0. The van der Waals surface area contributed by atoms with Crippen LogP contribution < -0.4 is 0 Å². The minimum atomic E-state index is 0.927. The molecule has 13 heavy (non-hydrogen) atoms. The minimum Gasteiger partial charge on any atom is -0.350 e. The van der Waals surface area contributed by atoms with Crippen LogP contribution in [0, 0.1) is 6.92 Å². The first-order valence-electron chi connectivity index (χ1n) is 4.37. The van der Waals surface area contributed by atoms with Gasteiger partial charge in [0, 0.05) is 30.8 Å². The van der Waals surface area contributed by atoms with Gasteiger partial charge in [-0.1, -0.05) is 0 Å². The molecule has 0 radical (unpaired) electrons. The van der Waals surface area contributed by atoms with Crippen LogP contribution in [0.1, 0.15) is 11.3 Å². The lowest BCUT2D eigenvalue weighted by atomic mass is 10.2. The summed E-state index contributed by atoms with van der Waals surface area (Å²) in [6.07, 6.45) is 5.99. The SMILES string of the molecule is Cc1cc(Cn2cccc2)ccn1. The van der Waals surface area contributed by atoms with E-state index in [9.17, 15) is 0 Å². The molecular weight excluding hydrogens is 160 g/mol. The van der Waals surface area contributed by atoms with Gasteiger partial charge in [0.15, 0.2) is 0 Å². The van der Waals surface area contributed by atoms with Crippen molar-refractivity contribution < 1.29 is 0 Å². The molecule has 2 aromatic heterocycles. The van der Waals surface area contributed by atoms with Crippen LogP contribution in [-0.4, -0.2) is 9.55 Å². The number of pyridine rings is 1. The summed E-state index contributed by atoms with van der Waals surface area (Å²) in [6.45, 7) is 2.94. The van der Waals surface area contributed by atoms with E-state index in [1.54, 1.807) is 0 Å². The van der Waals surface area contributed by atoms with Gasteiger partial charge in [0.05, 0.1) is 0 Å². The zero-order chi connectivity index (χ0) is 9.10. The Bertz CT molecular complexity index is 377. The number of hydrogen-bond acceptors (Lipinski definition) is 1. The van der Waals surface area contributed by atoms with Crippen molar-refractivity contribution >= 4 is 0 Å². The van der Waals surface area contributed by atoms with Gasteiger partial charge in [-0.25, -0.2) is 0 Å². The molecule has 0 aliphatic heterocycles. The van der Waals surface area contributed by atoms with Gasteiger partial charge in [0.25, 0.3) is 0 Å². The third-order valence-electron chi connectivity index (χ3n) is 1.99. The molecule has 0 aliphatic carbocycles. The zero-order valence-corrected chi connectivity index (χ0v) is 7.64. The van der Waals surface area contributed by atoms with E-state index in [1.165, 1.54) is 5.56 Å². The minimum absolute atomic E-state index is 0.927. The summed E-state index contributed by atoms with van der Waals surface area (Å²) in [5.41, 5.74) is 2.37. The first-order chi connectivity index (χ1) is 6.34. The molecule has 0 amide bonds. The Morgan fingerprint density at radius 2 is 2.08 bits per heavy atom. The number of aryl methyl sites for hydroxylation is 1. The predicted molar refractivity (Wildman–Crippen MR) is 52.5 cm³/mol. The van der Waals surface area contributed by atoms with Crippen molar-refractivity contribution in [2.45, 2.75) is 13.5 Å². The summed E-state index contributed by atoms with van der Waals surface area (Å²) < 4.78 is 2.15. The molecule has 2 heterocycles. The molecule has 2 rings (SSSR count). The van der Waals surface area contributed by atoms with Crippen LogP contribution in [0.3, 0.4) is 0 Å². The fraction of sp³-hybridized carbons (Fsp3) is 0.182. The highest BCUT2D eigenvalue weighted by atomic mass is 14.9. The lowest BCUT2D eigenvalue weighted by Gasteiger charge is -2.02. The van der Waals surface area contributed by atoms with Gasteiger partial charge in [-0.15, -0.1) is 0 Å². The van der Waals surface area contributed by atoms with Crippen molar-refractivity contribution in [3.8, 4) is 0 Å². The van der Waals surface area contributed by atoms with Crippen LogP contribution in [0.15, 0.2) is 42.9 Å². The summed E-state index contributed by atoms with van der Waals surface area (Å²) in [6, 6.07) is 8.23. The first-order valence-corrected chi connectivity index (χ1v) is 4.37. The van der Waals surface area contributed by atoms with E-state index in [4.69, 9.17) is 0 Å². The molecule has 0 saturated carbocycles. The van der Waals surface area contributed by atoms with E-state index < -0.39 is 0 Å². The zero-order valence-electron chi connectivity index (χ0n) is 7.64. The number of nitrogens with zero attached hydrogens (tertiary/aromatic N) is 2. The van der Waals surface area contributed by atoms with Crippen molar-refractivity contribution in [2.24, 2.45) is 0 Å². The molecule has 0 atom stereocenters. The Balaban J connectivity index is 2.19. The van der Waals surface area contributed by atoms with Crippen LogP contribution in [0.5, 0.6) is 0 Å². The van der Waals surface area contributed by atoms with Gasteiger partial charge in [-0.3, -0.25) is 4.98 Å². The number of aromatic nitrogens is 2. The second-order valence-electron chi connectivity index (χ2n) is 3.16. The van der Waals surface area contributed by atoms with Crippen molar-refractivity contribution in [1.29, 1.82) is 0 Å². The highest BCUT2D eigenvalue weighted by Crippen LogP contribution is 2.03. The quantitative estimate of drug-likeness (QED) is 0.679. The van der Waals surface area contributed by atoms with Crippen LogP contribution in [0.4, 0.5) is 0 Å². The second-order valence-corrected chi connectivity index (χ2v) is 3.16. The molecule has 0 spiro atoms. The molecule has 0 N–H and O–H groups in total. The fourth-order valence-electron chi connectivity index (χ4n) is 1.39. The lowest BCUT2D eigenvalue weighted by Crippen LogP contribution is -1.96. The Hall–Kier alpha value is -1.57. The lowest BCUT2D eigenvalue weighted by molar-refractivity contribution is 0.803. The molecule has 0 fully saturated rings. The van der Waals surface area contributed by atoms with E-state index in [0.29, 0.717) is 0 Å². The van der Waals surface area contributed by atoms with Gasteiger partial charge in [-0.05, 0) is 36.8 Å². The van der Waals surface area contributed by atoms with Crippen LogP contribution in [0.25, 0.3) is 0 Å². The van der Waals surface area contributed by atoms with Gasteiger partial charge in [0.2, 0.25) is 0 Å². The maximum Gasteiger partial charge on any atom is 0.0471 e. The van der Waals surface area contributed by atoms with Crippen LogP contribution in [0.2, 0.25) is 0 Å². The number of rotatable bonds is 2. The van der Waals surface area contributed by atoms with E-state index in [-0.39, 0.29) is 0 Å². The molecule has 0 aliphatic rings. The van der Waals surface area contributed by atoms with Crippen molar-refractivity contribution in [3.05, 3.63) is 54.1 Å². The summed E-state index contributed by atoms with van der Waals surface area (Å²) in [5, 5.41) is 0. The third-order valence-corrected chi connectivity index (χ3v) is 1.99. The monoisotopic (exact) mass is 172 g/mol. The summed E-state index contributed by atoms with van der Waals surface area (Å²) >= 11 is 0. The topological polar surface area (TPSA) is 17.8 Å². The van der Waals surface area contributed by atoms with E-state index in [2.05, 4.69) is 28.0 Å². The van der Waals surface area contributed by atoms with E-state index in [1.807, 2.05) is 31.3 Å². The van der Waals surface area contributed by atoms with E-state index >= 15 is 0 Å². The third kappa shape index (κ3) is 1.96. The predicted octanol–water partition coefficient (Wildman–Crippen LogP) is 2.24. The Morgan fingerprint density at radius 3 is 2.77 bits per heavy atom. The van der Waals surface area contributed by atoms with Crippen molar-refractivity contribution in [1.82, 2.24) is 9.55 Å². The smallest absolute Gasteiger partial charge is 0.0471 e. The Kier molecular flexibility index (Phi) is 2.13. The van der Waals surface area contributed by atoms with Crippen molar-refractivity contribution in [3.63, 3.8) is 0 Å². The summed E-state index contributed by atoms with van der Waals surface area (Å²) in [7, 11) is 0. The van der Waals surface area contributed by atoms with Crippen molar-refractivity contribution in [2.75, 3.05) is 0 Å². The molecule has 0 saturated heterocycles. The fourth-order valence-corrected chi connectivity index (χ4v) is 1.39. The molecule has 2 heteroatoms. The first kappa shape index (κ1) is 8.05. The standard InChI is InChI=1S/C11H12N2/c1-10-8-11(4-5-12-10)9-13-6-2-3-7-13/h2-8H,9H2,1H3. The molecule has 0 bridgehead atoms. The molecule has 0 aromatic carbocycles. The largest absolute Gasteiger partial charge is 0.350 e. The highest BCUT2D eigenvalue weighted by molar-refractivity contribution is 5.16. The van der Waals surface area contributed by atoms with Crippen LogP contribution >= 0.6 is 0 Å². The molecule has 0 unspecified atom stereocenters. The molecule has 66 valence electrons. The summed E-state index contributed by atoms with van der Waals surface area (Å²) in [4.78, 5) is 4.16. The normalized spacial score (nSPS) is 10.2. The Labute approximate surface area is 77.9 Å². The van der Waals surface area contributed by atoms with Gasteiger partial charge >= 0.3 is 0 Å². The van der Waals surface area contributed by atoms with E-state index in [0.717, 1.165) is 12.2 Å². The highest BCUT2D eigenvalue weighted by Gasteiger charge is 1.93. The van der Waals surface area contributed by atoms with Gasteiger partial charge < -0.3 is 4.57 Å². The average molecular weight is 172 g/mol. The molecule has 2 nitrogen and oxygen atoms in total. The average Bonchev–Trinajstić information content (AvgIpc) is 2.57. The van der Waals surface area contributed by atoms with Crippen LogP contribution in [-0.2, 0) is 6.54 Å². The maximum atomic E-state index is 4.16. The molecular formula is C11H12N2. The second kappa shape index (κ2) is 3.44. The number of hydrogen-bond donors (Lipinski definition) is 0. The maximum absolute atomic E-state index is 4.16. The Morgan fingerprint density at radius 1 is 1.31 bits per heavy atom. The van der Waals surface area contributed by atoms with Gasteiger partial charge in [0.1, 0.15) is 0 Å². The molecule has 2 aromatic rings.